The van der Waals surface area contributed by atoms with Gasteiger partial charge in [0.25, 0.3) is 0 Å². The van der Waals surface area contributed by atoms with Crippen molar-refractivity contribution in [2.45, 2.75) is 32.9 Å². The van der Waals surface area contributed by atoms with Gasteiger partial charge in [-0.1, -0.05) is 26.0 Å². The molecule has 2 N–H and O–H groups in total. The van der Waals surface area contributed by atoms with Crippen molar-refractivity contribution < 1.29 is 5.11 Å². The van der Waals surface area contributed by atoms with Crippen LogP contribution in [0.5, 0.6) is 0 Å². The molecule has 17 heavy (non-hydrogen) atoms. The van der Waals surface area contributed by atoms with Gasteiger partial charge in [-0.25, -0.2) is 0 Å². The van der Waals surface area contributed by atoms with Crippen molar-refractivity contribution in [3.63, 3.8) is 0 Å². The first kappa shape index (κ1) is 13.7. The summed E-state index contributed by atoms with van der Waals surface area (Å²) in [6, 6.07) is 9.80. The van der Waals surface area contributed by atoms with Crippen LogP contribution in [0.15, 0.2) is 24.3 Å². The van der Waals surface area contributed by atoms with Crippen molar-refractivity contribution in [3.05, 3.63) is 35.4 Å². The first-order valence-electron chi connectivity index (χ1n) is 5.96. The van der Waals surface area contributed by atoms with E-state index >= 15 is 0 Å². The molecule has 2 atom stereocenters. The maximum absolute atomic E-state index is 9.71. The number of aliphatic hydroxyl groups is 1. The Morgan fingerprint density at radius 3 is 2.65 bits per heavy atom. The van der Waals surface area contributed by atoms with Crippen LogP contribution in [0.2, 0.25) is 0 Å². The van der Waals surface area contributed by atoms with E-state index < -0.39 is 0 Å². The summed E-state index contributed by atoms with van der Waals surface area (Å²) in [5, 5.41) is 21.8. The molecule has 0 saturated heterocycles. The summed E-state index contributed by atoms with van der Waals surface area (Å²) in [5.74, 6) is 0.250. The monoisotopic (exact) mass is 232 g/mol. The van der Waals surface area contributed by atoms with Crippen LogP contribution in [0.1, 0.15) is 37.9 Å². The van der Waals surface area contributed by atoms with Crippen LogP contribution in [0.4, 0.5) is 0 Å². The van der Waals surface area contributed by atoms with Crippen LogP contribution in [0.3, 0.4) is 0 Å². The molecule has 3 heteroatoms. The Morgan fingerprint density at radius 1 is 1.35 bits per heavy atom. The van der Waals surface area contributed by atoms with Crippen molar-refractivity contribution in [2.75, 3.05) is 6.54 Å². The molecule has 0 amide bonds. The Kier molecular flexibility index (Phi) is 5.14. The van der Waals surface area contributed by atoms with Gasteiger partial charge in [-0.15, -0.1) is 0 Å². The van der Waals surface area contributed by atoms with Crippen LogP contribution in [-0.2, 0) is 0 Å². The van der Waals surface area contributed by atoms with Gasteiger partial charge in [-0.3, -0.25) is 0 Å². The van der Waals surface area contributed by atoms with Crippen LogP contribution in [0.25, 0.3) is 0 Å². The Morgan fingerprint density at radius 2 is 2.06 bits per heavy atom. The van der Waals surface area contributed by atoms with E-state index in [4.69, 9.17) is 5.26 Å². The number of nitriles is 1. The molecule has 0 fully saturated rings. The molecule has 1 aromatic rings. The zero-order chi connectivity index (χ0) is 12.8. The minimum absolute atomic E-state index is 0.136. The number of benzene rings is 1. The van der Waals surface area contributed by atoms with Gasteiger partial charge in [0, 0.05) is 12.6 Å². The first-order chi connectivity index (χ1) is 8.04. The Balaban J connectivity index is 2.58. The minimum Gasteiger partial charge on any atom is -0.392 e. The van der Waals surface area contributed by atoms with Crippen molar-refractivity contribution in [2.24, 2.45) is 5.92 Å². The Labute approximate surface area is 103 Å². The van der Waals surface area contributed by atoms with Gasteiger partial charge in [0.15, 0.2) is 0 Å². The largest absolute Gasteiger partial charge is 0.392 e. The zero-order valence-corrected chi connectivity index (χ0v) is 10.6. The highest BCUT2D eigenvalue weighted by molar-refractivity contribution is 5.33. The number of rotatable bonds is 5. The lowest BCUT2D eigenvalue weighted by Crippen LogP contribution is -2.32. The molecule has 0 heterocycles. The molecular formula is C14H20N2O. The van der Waals surface area contributed by atoms with E-state index in [1.165, 1.54) is 0 Å². The molecule has 1 aromatic carbocycles. The third-order valence-electron chi connectivity index (χ3n) is 2.92. The molecule has 0 radical (unpaired) electrons. The summed E-state index contributed by atoms with van der Waals surface area (Å²) in [6.07, 6.45) is -0.336. The lowest BCUT2D eigenvalue weighted by atomic mass is 10.0. The lowest BCUT2D eigenvalue weighted by Gasteiger charge is -2.19. The van der Waals surface area contributed by atoms with E-state index in [0.717, 1.165) is 5.56 Å². The second-order valence-corrected chi connectivity index (χ2v) is 4.68. The van der Waals surface area contributed by atoms with Crippen LogP contribution >= 0.6 is 0 Å². The van der Waals surface area contributed by atoms with Crippen molar-refractivity contribution in [3.8, 4) is 6.07 Å². The fourth-order valence-electron chi connectivity index (χ4n) is 1.53. The van der Waals surface area contributed by atoms with Gasteiger partial charge >= 0.3 is 0 Å². The number of nitrogens with zero attached hydrogens (tertiary/aromatic N) is 1. The molecule has 0 aliphatic rings. The summed E-state index contributed by atoms with van der Waals surface area (Å²) in [4.78, 5) is 0. The van der Waals surface area contributed by atoms with E-state index in [2.05, 4.69) is 11.4 Å². The highest BCUT2D eigenvalue weighted by Crippen LogP contribution is 2.14. The highest BCUT2D eigenvalue weighted by Gasteiger charge is 2.11. The average molecular weight is 232 g/mol. The van der Waals surface area contributed by atoms with Crippen molar-refractivity contribution in [1.82, 2.24) is 5.32 Å². The maximum Gasteiger partial charge on any atom is 0.0991 e. The predicted octanol–water partition coefficient (Wildman–Crippen LogP) is 2.23. The molecule has 0 saturated carbocycles. The summed E-state index contributed by atoms with van der Waals surface area (Å²) in [6.45, 7) is 6.58. The van der Waals surface area contributed by atoms with E-state index in [1.54, 1.807) is 6.07 Å². The van der Waals surface area contributed by atoms with Gasteiger partial charge in [-0.2, -0.15) is 5.26 Å². The molecule has 0 aliphatic heterocycles. The predicted molar refractivity (Wildman–Crippen MR) is 68.4 cm³/mol. The molecule has 3 nitrogen and oxygen atoms in total. The third kappa shape index (κ3) is 4.18. The number of hydrogen-bond acceptors (Lipinski definition) is 3. The molecule has 1 rings (SSSR count). The lowest BCUT2D eigenvalue weighted by molar-refractivity contribution is 0.120. The first-order valence-corrected chi connectivity index (χ1v) is 5.96. The van der Waals surface area contributed by atoms with Crippen LogP contribution in [0, 0.1) is 17.2 Å². The highest BCUT2D eigenvalue weighted by atomic mass is 16.3. The normalized spacial score (nSPS) is 14.4. The SMILES string of the molecule is CC(NCC(O)C(C)C)c1cccc(C#N)c1. The van der Waals surface area contributed by atoms with Gasteiger partial charge in [0.1, 0.15) is 0 Å². The van der Waals surface area contributed by atoms with E-state index in [9.17, 15) is 5.11 Å². The van der Waals surface area contributed by atoms with E-state index in [1.807, 2.05) is 39.0 Å². The van der Waals surface area contributed by atoms with Gasteiger partial charge in [-0.05, 0) is 30.5 Å². The minimum atomic E-state index is -0.336. The topological polar surface area (TPSA) is 56.0 Å². The van der Waals surface area contributed by atoms with Gasteiger partial charge < -0.3 is 10.4 Å². The summed E-state index contributed by atoms with van der Waals surface area (Å²) >= 11 is 0. The second kappa shape index (κ2) is 6.39. The summed E-state index contributed by atoms with van der Waals surface area (Å²) in [5.41, 5.74) is 1.74. The fraction of sp³-hybridized carbons (Fsp3) is 0.500. The molecule has 92 valence electrons. The number of nitrogens with one attached hydrogen (secondary N) is 1. The molecule has 2 unspecified atom stereocenters. The van der Waals surface area contributed by atoms with E-state index in [0.29, 0.717) is 12.1 Å². The second-order valence-electron chi connectivity index (χ2n) is 4.68. The molecule has 0 aliphatic carbocycles. The standard InChI is InChI=1S/C14H20N2O/c1-10(2)14(17)9-16-11(3)13-6-4-5-12(7-13)8-15/h4-7,10-11,14,16-17H,9H2,1-3H3. The maximum atomic E-state index is 9.71. The molecular weight excluding hydrogens is 212 g/mol. The molecule has 0 bridgehead atoms. The van der Waals surface area contributed by atoms with E-state index in [-0.39, 0.29) is 18.1 Å². The van der Waals surface area contributed by atoms with Gasteiger partial charge in [0.2, 0.25) is 0 Å². The third-order valence-corrected chi connectivity index (χ3v) is 2.92. The molecule has 0 spiro atoms. The number of aliphatic hydroxyl groups excluding tert-OH is 1. The fourth-order valence-corrected chi connectivity index (χ4v) is 1.53. The van der Waals surface area contributed by atoms with Crippen LogP contribution in [-0.4, -0.2) is 17.8 Å². The summed E-state index contributed by atoms with van der Waals surface area (Å²) in [7, 11) is 0. The average Bonchev–Trinajstić information content (AvgIpc) is 2.35. The van der Waals surface area contributed by atoms with Gasteiger partial charge in [0.05, 0.1) is 17.7 Å². The number of hydrogen-bond donors (Lipinski definition) is 2. The smallest absolute Gasteiger partial charge is 0.0991 e. The van der Waals surface area contributed by atoms with Crippen molar-refractivity contribution in [1.29, 1.82) is 5.26 Å². The molecule has 0 aromatic heterocycles. The van der Waals surface area contributed by atoms with Crippen molar-refractivity contribution >= 4 is 0 Å². The summed E-state index contributed by atoms with van der Waals surface area (Å²) < 4.78 is 0. The quantitative estimate of drug-likeness (QED) is 0.818. The Bertz CT molecular complexity index is 395. The van der Waals surface area contributed by atoms with Crippen LogP contribution < -0.4 is 5.32 Å². The Hall–Kier alpha value is -1.37. The zero-order valence-electron chi connectivity index (χ0n) is 10.6.